The summed E-state index contributed by atoms with van der Waals surface area (Å²) in [7, 11) is 0. The van der Waals surface area contributed by atoms with Crippen molar-refractivity contribution in [1.82, 2.24) is 19.9 Å². The minimum Gasteiger partial charge on any atom is -0.251 e. The van der Waals surface area contributed by atoms with Crippen LogP contribution in [0, 0.1) is 19.8 Å². The minimum atomic E-state index is 0.474. The maximum Gasteiger partial charge on any atom is 0.0889 e. The quantitative estimate of drug-likeness (QED) is 0.375. The van der Waals surface area contributed by atoms with Crippen LogP contribution in [0.15, 0.2) is 72.8 Å². The molecule has 0 unspecified atom stereocenters. The second-order valence-corrected chi connectivity index (χ2v) is 8.04. The zero-order chi connectivity index (χ0) is 21.6. The van der Waals surface area contributed by atoms with E-state index >= 15 is 0 Å². The van der Waals surface area contributed by atoms with Gasteiger partial charge in [0.05, 0.1) is 22.8 Å². The van der Waals surface area contributed by atoms with Gasteiger partial charge in [-0.15, -0.1) is 0 Å². The van der Waals surface area contributed by atoms with E-state index in [0.29, 0.717) is 5.92 Å². The molecular formula is C27H28N4. The van der Waals surface area contributed by atoms with E-state index in [1.54, 1.807) is 0 Å². The van der Waals surface area contributed by atoms with E-state index in [0.717, 1.165) is 64.8 Å². The predicted molar refractivity (Wildman–Crippen MR) is 126 cm³/mol. The molecule has 0 atom stereocenters. The molecule has 0 aliphatic rings. The van der Waals surface area contributed by atoms with Crippen LogP contribution in [-0.2, 0) is 12.8 Å². The number of hydrogen-bond acceptors (Lipinski definition) is 4. The monoisotopic (exact) mass is 408 g/mol. The molecule has 0 saturated heterocycles. The highest BCUT2D eigenvalue weighted by molar-refractivity contribution is 5.55. The molecule has 31 heavy (non-hydrogen) atoms. The molecule has 0 spiro atoms. The van der Waals surface area contributed by atoms with E-state index in [2.05, 4.69) is 41.2 Å². The van der Waals surface area contributed by atoms with E-state index < -0.39 is 0 Å². The molecular weight excluding hydrogens is 380 g/mol. The first-order chi connectivity index (χ1) is 15.1. The van der Waals surface area contributed by atoms with Gasteiger partial charge in [-0.3, -0.25) is 19.9 Å². The largest absolute Gasteiger partial charge is 0.251 e. The first kappa shape index (κ1) is 20.9. The average molecular weight is 409 g/mol. The van der Waals surface area contributed by atoms with Crippen molar-refractivity contribution >= 4 is 0 Å². The second kappa shape index (κ2) is 9.61. The Morgan fingerprint density at radius 1 is 0.548 bits per heavy atom. The lowest BCUT2D eigenvalue weighted by molar-refractivity contribution is 0.493. The van der Waals surface area contributed by atoms with Gasteiger partial charge in [-0.05, 0) is 81.1 Å². The Morgan fingerprint density at radius 3 is 1.32 bits per heavy atom. The number of aryl methyl sites for hydroxylation is 2. The summed E-state index contributed by atoms with van der Waals surface area (Å²) < 4.78 is 0. The van der Waals surface area contributed by atoms with Crippen LogP contribution >= 0.6 is 0 Å². The van der Waals surface area contributed by atoms with Crippen LogP contribution in [0.2, 0.25) is 0 Å². The Balaban J connectivity index is 1.51. The lowest BCUT2D eigenvalue weighted by Gasteiger charge is -2.15. The number of hydrogen-bond donors (Lipinski definition) is 0. The summed E-state index contributed by atoms with van der Waals surface area (Å²) in [6.45, 7) is 6.25. The van der Waals surface area contributed by atoms with E-state index in [9.17, 15) is 0 Å². The Kier molecular flexibility index (Phi) is 6.46. The third-order valence-corrected chi connectivity index (χ3v) is 5.49. The highest BCUT2D eigenvalue weighted by Crippen LogP contribution is 2.21. The van der Waals surface area contributed by atoms with Crippen molar-refractivity contribution in [3.05, 3.63) is 95.6 Å². The summed E-state index contributed by atoms with van der Waals surface area (Å²) >= 11 is 0. The lowest BCUT2D eigenvalue weighted by Crippen LogP contribution is -2.10. The number of pyridine rings is 4. The van der Waals surface area contributed by atoms with Crippen LogP contribution in [0.3, 0.4) is 0 Å². The Labute approximate surface area is 184 Å². The van der Waals surface area contributed by atoms with Gasteiger partial charge in [0.25, 0.3) is 0 Å². The molecule has 0 bridgehead atoms. The fraction of sp³-hybridized carbons (Fsp3) is 0.259. The molecule has 0 N–H and O–H groups in total. The minimum absolute atomic E-state index is 0.474. The summed E-state index contributed by atoms with van der Waals surface area (Å²) in [4.78, 5) is 19.0. The van der Waals surface area contributed by atoms with E-state index in [1.807, 2.05) is 62.4 Å². The van der Waals surface area contributed by atoms with Crippen molar-refractivity contribution in [3.8, 4) is 22.8 Å². The predicted octanol–water partition coefficient (Wildman–Crippen LogP) is 6.03. The van der Waals surface area contributed by atoms with E-state index in [1.165, 1.54) is 0 Å². The van der Waals surface area contributed by atoms with E-state index in [4.69, 9.17) is 9.97 Å². The molecule has 0 aliphatic carbocycles. The molecule has 0 aromatic carbocycles. The fourth-order valence-corrected chi connectivity index (χ4v) is 3.80. The van der Waals surface area contributed by atoms with Crippen LogP contribution < -0.4 is 0 Å². The summed E-state index contributed by atoms with van der Waals surface area (Å²) in [6, 6.07) is 24.6. The van der Waals surface area contributed by atoms with Gasteiger partial charge >= 0.3 is 0 Å². The van der Waals surface area contributed by atoms with Gasteiger partial charge in [-0.2, -0.15) is 0 Å². The van der Waals surface area contributed by atoms with Gasteiger partial charge in [0.2, 0.25) is 0 Å². The Hall–Kier alpha value is -3.40. The fourth-order valence-electron chi connectivity index (χ4n) is 3.80. The molecule has 4 heterocycles. The second-order valence-electron chi connectivity index (χ2n) is 8.04. The van der Waals surface area contributed by atoms with Crippen LogP contribution in [0.1, 0.15) is 36.1 Å². The Bertz CT molecular complexity index is 1080. The van der Waals surface area contributed by atoms with E-state index in [-0.39, 0.29) is 0 Å². The van der Waals surface area contributed by atoms with Gasteiger partial charge in [-0.1, -0.05) is 37.6 Å². The van der Waals surface area contributed by atoms with Crippen LogP contribution in [0.25, 0.3) is 22.8 Å². The molecule has 156 valence electrons. The molecule has 0 aliphatic heterocycles. The molecule has 4 aromatic heterocycles. The molecule has 0 radical (unpaired) electrons. The van der Waals surface area contributed by atoms with Gasteiger partial charge in [-0.25, -0.2) is 0 Å². The van der Waals surface area contributed by atoms with Gasteiger partial charge < -0.3 is 0 Å². The summed E-state index contributed by atoms with van der Waals surface area (Å²) in [6.07, 6.45) is 2.92. The topological polar surface area (TPSA) is 51.6 Å². The van der Waals surface area contributed by atoms with Crippen LogP contribution in [0.5, 0.6) is 0 Å². The third kappa shape index (κ3) is 5.40. The number of aromatic nitrogens is 4. The zero-order valence-corrected chi connectivity index (χ0v) is 18.4. The summed E-state index contributed by atoms with van der Waals surface area (Å²) in [5.74, 6) is 0.474. The first-order valence-electron chi connectivity index (χ1n) is 10.9. The van der Waals surface area contributed by atoms with Crippen molar-refractivity contribution in [2.24, 2.45) is 5.92 Å². The molecule has 4 aromatic rings. The standard InChI is InChI=1S/C27H28N4/c1-4-21(17-22-11-7-15-26(30-22)24-13-5-9-19(2)28-24)18-23-12-8-16-27(31-23)25-14-6-10-20(3)29-25/h5-16,21H,4,17-18H2,1-3H3. The Morgan fingerprint density at radius 2 is 0.935 bits per heavy atom. The number of nitrogens with zero attached hydrogens (tertiary/aromatic N) is 4. The molecule has 4 heteroatoms. The molecule has 0 fully saturated rings. The van der Waals surface area contributed by atoms with Gasteiger partial charge in [0, 0.05) is 22.8 Å². The number of rotatable bonds is 7. The maximum atomic E-state index is 4.90. The summed E-state index contributed by atoms with van der Waals surface area (Å²) in [5, 5.41) is 0. The van der Waals surface area contributed by atoms with Crippen LogP contribution in [-0.4, -0.2) is 19.9 Å². The molecule has 0 saturated carbocycles. The van der Waals surface area contributed by atoms with Crippen molar-refractivity contribution in [2.75, 3.05) is 0 Å². The van der Waals surface area contributed by atoms with Crippen molar-refractivity contribution < 1.29 is 0 Å². The maximum absolute atomic E-state index is 4.90. The van der Waals surface area contributed by atoms with Crippen molar-refractivity contribution in [1.29, 1.82) is 0 Å². The van der Waals surface area contributed by atoms with Crippen molar-refractivity contribution in [3.63, 3.8) is 0 Å². The van der Waals surface area contributed by atoms with Crippen molar-refractivity contribution in [2.45, 2.75) is 40.0 Å². The van der Waals surface area contributed by atoms with Gasteiger partial charge in [0.1, 0.15) is 0 Å². The highest BCUT2D eigenvalue weighted by Gasteiger charge is 2.13. The zero-order valence-electron chi connectivity index (χ0n) is 18.4. The van der Waals surface area contributed by atoms with Gasteiger partial charge in [0.15, 0.2) is 0 Å². The van der Waals surface area contributed by atoms with Crippen LogP contribution in [0.4, 0.5) is 0 Å². The average Bonchev–Trinajstić information content (AvgIpc) is 2.79. The SMILES string of the molecule is CCC(Cc1cccc(-c2cccc(C)n2)n1)Cc1cccc(-c2cccc(C)n2)n1. The molecule has 4 nitrogen and oxygen atoms in total. The lowest BCUT2D eigenvalue weighted by atomic mass is 9.94. The molecule has 0 amide bonds. The summed E-state index contributed by atoms with van der Waals surface area (Å²) in [5.41, 5.74) is 7.93. The smallest absolute Gasteiger partial charge is 0.0889 e. The highest BCUT2D eigenvalue weighted by atomic mass is 14.8. The molecule has 4 rings (SSSR count). The third-order valence-electron chi connectivity index (χ3n) is 5.49. The normalized spacial score (nSPS) is 11.1. The first-order valence-corrected chi connectivity index (χ1v) is 10.9.